The Labute approximate surface area is 212 Å². The minimum absolute atomic E-state index is 0.00955. The van der Waals surface area contributed by atoms with Crippen LogP contribution in [0, 0.1) is 17.3 Å². The van der Waals surface area contributed by atoms with Gasteiger partial charge in [-0.3, -0.25) is 9.59 Å². The van der Waals surface area contributed by atoms with Crippen molar-refractivity contribution in [1.29, 1.82) is 0 Å². The van der Waals surface area contributed by atoms with Crippen molar-refractivity contribution >= 4 is 18.3 Å². The van der Waals surface area contributed by atoms with Gasteiger partial charge in [-0.2, -0.15) is 0 Å². The van der Waals surface area contributed by atoms with Gasteiger partial charge in [-0.15, -0.1) is 0 Å². The summed E-state index contributed by atoms with van der Waals surface area (Å²) >= 11 is 0. The molecule has 1 aromatic rings. The van der Waals surface area contributed by atoms with Gasteiger partial charge in [-0.1, -0.05) is 61.6 Å². The quantitative estimate of drug-likeness (QED) is 0.327. The van der Waals surface area contributed by atoms with Crippen LogP contribution in [-0.4, -0.2) is 42.6 Å². The maximum atomic E-state index is 13.0. The Morgan fingerprint density at radius 2 is 2.06 bits per heavy atom. The summed E-state index contributed by atoms with van der Waals surface area (Å²) in [5.74, 6) is -0.744. The van der Waals surface area contributed by atoms with Crippen LogP contribution in [0.25, 0.3) is 0 Å². The lowest BCUT2D eigenvalue weighted by atomic mass is 9.48. The smallest absolute Gasteiger partial charge is 0.338 e. The summed E-state index contributed by atoms with van der Waals surface area (Å²) in [6.07, 6.45) is 9.19. The molecule has 192 valence electrons. The lowest BCUT2D eigenvalue weighted by Gasteiger charge is -2.60. The lowest BCUT2D eigenvalue weighted by molar-refractivity contribution is -0.169. The first-order valence-electron chi connectivity index (χ1n) is 12.6. The summed E-state index contributed by atoms with van der Waals surface area (Å²) in [5.41, 5.74) is 7.82. The molecule has 1 amide bonds. The molecule has 3 N–H and O–H groups in total. The van der Waals surface area contributed by atoms with Crippen LogP contribution in [0.1, 0.15) is 45.1 Å². The van der Waals surface area contributed by atoms with Crippen LogP contribution in [0.15, 0.2) is 66.3 Å². The molecule has 0 saturated heterocycles. The number of carbonyl (C=O) groups excluding carboxylic acids is 3. The molecule has 4 rings (SSSR count). The summed E-state index contributed by atoms with van der Waals surface area (Å²) in [4.78, 5) is 36.7. The predicted octanol–water partition coefficient (Wildman–Crippen LogP) is 3.39. The molecule has 3 aliphatic rings. The van der Waals surface area contributed by atoms with Crippen molar-refractivity contribution in [1.82, 2.24) is 5.32 Å². The molecular formula is C29H36N2O5. The molecule has 1 heterocycles. The topological polar surface area (TPSA) is 108 Å². The van der Waals surface area contributed by atoms with Gasteiger partial charge in [-0.25, -0.2) is 4.79 Å². The Morgan fingerprint density at radius 1 is 1.31 bits per heavy atom. The second-order valence-electron chi connectivity index (χ2n) is 10.7. The van der Waals surface area contributed by atoms with E-state index in [1.54, 1.807) is 6.08 Å². The van der Waals surface area contributed by atoms with Gasteiger partial charge in [0.2, 0.25) is 6.41 Å². The van der Waals surface area contributed by atoms with Gasteiger partial charge in [0.05, 0.1) is 11.1 Å². The Morgan fingerprint density at radius 3 is 2.72 bits per heavy atom. The van der Waals surface area contributed by atoms with Gasteiger partial charge in [-0.05, 0) is 62.0 Å². The van der Waals surface area contributed by atoms with Crippen LogP contribution < -0.4 is 11.1 Å². The lowest BCUT2D eigenvalue weighted by Crippen LogP contribution is -2.67. The van der Waals surface area contributed by atoms with Gasteiger partial charge in [0.15, 0.2) is 0 Å². The number of fused-ring (bicyclic) bond motifs is 1. The zero-order valence-corrected chi connectivity index (χ0v) is 21.1. The van der Waals surface area contributed by atoms with Gasteiger partial charge < -0.3 is 20.5 Å². The van der Waals surface area contributed by atoms with Crippen molar-refractivity contribution in [3.63, 3.8) is 0 Å². The highest BCUT2D eigenvalue weighted by atomic mass is 16.5. The van der Waals surface area contributed by atoms with Crippen molar-refractivity contribution in [3.05, 3.63) is 71.8 Å². The molecule has 0 radical (unpaired) electrons. The van der Waals surface area contributed by atoms with Crippen molar-refractivity contribution in [2.45, 2.75) is 63.6 Å². The van der Waals surface area contributed by atoms with E-state index in [2.05, 4.69) is 24.9 Å². The Bertz CT molecular complexity index is 1080. The molecule has 36 heavy (non-hydrogen) atoms. The molecule has 2 saturated carbocycles. The summed E-state index contributed by atoms with van der Waals surface area (Å²) in [7, 11) is 0. The first-order valence-corrected chi connectivity index (χ1v) is 12.6. The zero-order chi connectivity index (χ0) is 25.9. The average molecular weight is 493 g/mol. The van der Waals surface area contributed by atoms with Crippen LogP contribution in [0.3, 0.4) is 0 Å². The molecule has 0 spiro atoms. The third kappa shape index (κ3) is 4.89. The summed E-state index contributed by atoms with van der Waals surface area (Å²) in [6, 6.07) is 8.81. The minimum Gasteiger partial charge on any atom is -0.459 e. The van der Waals surface area contributed by atoms with E-state index >= 15 is 0 Å². The molecule has 1 aliphatic heterocycles. The highest BCUT2D eigenvalue weighted by Crippen LogP contribution is 2.58. The molecule has 0 unspecified atom stereocenters. The van der Waals surface area contributed by atoms with Crippen LogP contribution >= 0.6 is 0 Å². The first-order chi connectivity index (χ1) is 17.2. The number of carbonyl (C=O) groups is 3. The van der Waals surface area contributed by atoms with Crippen molar-refractivity contribution in [2.75, 3.05) is 6.61 Å². The molecule has 0 bridgehead atoms. The van der Waals surface area contributed by atoms with E-state index in [9.17, 15) is 14.4 Å². The third-order valence-corrected chi connectivity index (χ3v) is 8.49. The van der Waals surface area contributed by atoms with E-state index in [-0.39, 0.29) is 23.2 Å². The number of allylic oxidation sites excluding steroid dienone is 2. The van der Waals surface area contributed by atoms with Gasteiger partial charge in [0, 0.05) is 5.92 Å². The van der Waals surface area contributed by atoms with E-state index in [0.29, 0.717) is 31.4 Å². The van der Waals surface area contributed by atoms with E-state index in [1.807, 2.05) is 43.3 Å². The molecule has 1 aromatic carbocycles. The van der Waals surface area contributed by atoms with Crippen LogP contribution in [0.2, 0.25) is 0 Å². The van der Waals surface area contributed by atoms with Gasteiger partial charge in [0.1, 0.15) is 18.8 Å². The number of amides is 1. The van der Waals surface area contributed by atoms with Crippen LogP contribution in [0.5, 0.6) is 0 Å². The summed E-state index contributed by atoms with van der Waals surface area (Å²) < 4.78 is 11.0. The number of nitrogens with one attached hydrogen (secondary N) is 1. The molecule has 7 heteroatoms. The molecule has 0 aromatic heterocycles. The highest BCUT2D eigenvalue weighted by Gasteiger charge is 2.59. The number of hydrogen-bond acceptors (Lipinski definition) is 6. The number of cyclic esters (lactones) is 1. The fourth-order valence-electron chi connectivity index (χ4n) is 6.53. The minimum atomic E-state index is -0.789. The molecule has 6 atom stereocenters. The van der Waals surface area contributed by atoms with E-state index in [0.717, 1.165) is 30.4 Å². The predicted molar refractivity (Wildman–Crippen MR) is 136 cm³/mol. The normalized spacial score (nSPS) is 32.9. The number of esters is 2. The SMILES string of the molecule is C=C1CC[C@H]2[C@](C)(CC[C@@H](OC(=O)[C@H](N)Cc3ccccc3)[C@]2(C)NC=O)[C@@H]1C=CC1=CCOC1=O. The number of rotatable bonds is 8. The second-order valence-corrected chi connectivity index (χ2v) is 10.7. The third-order valence-electron chi connectivity index (χ3n) is 8.49. The number of ether oxygens (including phenoxy) is 2. The van der Waals surface area contributed by atoms with Crippen molar-refractivity contribution < 1.29 is 23.9 Å². The summed E-state index contributed by atoms with van der Waals surface area (Å²) in [5, 5.41) is 3.03. The number of benzene rings is 1. The largest absolute Gasteiger partial charge is 0.459 e. The highest BCUT2D eigenvalue weighted by molar-refractivity contribution is 5.93. The molecule has 7 nitrogen and oxygen atoms in total. The van der Waals surface area contributed by atoms with Gasteiger partial charge >= 0.3 is 11.9 Å². The number of nitrogens with two attached hydrogens (primary N) is 1. The van der Waals surface area contributed by atoms with Crippen LogP contribution in [-0.2, 0) is 30.3 Å². The molecule has 2 aliphatic carbocycles. The zero-order valence-electron chi connectivity index (χ0n) is 21.1. The fourth-order valence-corrected chi connectivity index (χ4v) is 6.53. The fraction of sp³-hybridized carbons (Fsp3) is 0.483. The van der Waals surface area contributed by atoms with E-state index < -0.39 is 23.7 Å². The van der Waals surface area contributed by atoms with E-state index in [4.69, 9.17) is 15.2 Å². The number of hydrogen-bond donors (Lipinski definition) is 2. The maximum absolute atomic E-state index is 13.0. The molecular weight excluding hydrogens is 456 g/mol. The van der Waals surface area contributed by atoms with E-state index in [1.165, 1.54) is 0 Å². The average Bonchev–Trinajstić information content (AvgIpc) is 3.26. The first kappa shape index (κ1) is 25.9. The van der Waals surface area contributed by atoms with Crippen molar-refractivity contribution in [2.24, 2.45) is 23.0 Å². The Balaban J connectivity index is 1.54. The Hall–Kier alpha value is -3.19. The standard InChI is InChI=1S/C29H36N2O5/c1-19-9-12-24-28(2,22(19)11-10-21-14-16-35-26(21)33)15-13-25(29(24,3)31-18-32)36-27(34)23(30)17-20-7-5-4-6-8-20/h4-8,10-11,14,18,22-25H,1,9,12-13,15-17,30H2,2-3H3,(H,31,32)/t22-,23-,24+,25-,28-,29-/m1/s1. The van der Waals surface area contributed by atoms with Gasteiger partial charge in [0.25, 0.3) is 0 Å². The Kier molecular flexibility index (Phi) is 7.50. The van der Waals surface area contributed by atoms with Crippen molar-refractivity contribution in [3.8, 4) is 0 Å². The molecule has 2 fully saturated rings. The maximum Gasteiger partial charge on any atom is 0.338 e. The summed E-state index contributed by atoms with van der Waals surface area (Å²) in [6.45, 7) is 8.82. The van der Waals surface area contributed by atoms with Crippen LogP contribution in [0.4, 0.5) is 0 Å². The second kappa shape index (κ2) is 10.4. The monoisotopic (exact) mass is 492 g/mol.